The molecule has 0 aliphatic heterocycles. The van der Waals surface area contributed by atoms with Crippen molar-refractivity contribution in [3.05, 3.63) is 89.5 Å². The Morgan fingerprint density at radius 2 is 0.865 bits per heavy atom. The zero-order valence-electron chi connectivity index (χ0n) is 22.2. The van der Waals surface area contributed by atoms with Gasteiger partial charge in [0.2, 0.25) is 0 Å². The van der Waals surface area contributed by atoms with Crippen molar-refractivity contribution < 1.29 is 9.85 Å². The number of aryl methyl sites for hydroxylation is 5. The lowest BCUT2D eigenvalue weighted by molar-refractivity contribution is -0.384. The molecular formula is C25H36ClN7O4. The predicted octanol–water partition coefficient (Wildman–Crippen LogP) is 5.24. The quantitative estimate of drug-likeness (QED) is 0.166. The largest absolute Gasteiger partial charge is 0.397 e. The first kappa shape index (κ1) is 32.9. The van der Waals surface area contributed by atoms with Gasteiger partial charge in [-0.1, -0.05) is 11.6 Å². The molecular weight excluding hydrogens is 498 g/mol. The van der Waals surface area contributed by atoms with Crippen LogP contribution < -0.4 is 28.3 Å². The van der Waals surface area contributed by atoms with Gasteiger partial charge in [-0.3, -0.25) is 20.2 Å². The molecule has 3 aromatic rings. The minimum atomic E-state index is -0.529. The summed E-state index contributed by atoms with van der Waals surface area (Å²) < 4.78 is 0. The highest BCUT2D eigenvalue weighted by atomic mass is 35.5. The molecule has 12 heteroatoms. The Kier molecular flexibility index (Phi) is 13.4. The molecule has 0 spiro atoms. The maximum Gasteiger partial charge on any atom is 0.292 e. The lowest BCUT2D eigenvalue weighted by Gasteiger charge is -2.03. The van der Waals surface area contributed by atoms with Crippen molar-refractivity contribution >= 4 is 45.7 Å². The van der Waals surface area contributed by atoms with Gasteiger partial charge < -0.3 is 28.3 Å². The van der Waals surface area contributed by atoms with Crippen LogP contribution in [0.15, 0.2) is 36.4 Å². The second-order valence-electron chi connectivity index (χ2n) is 8.24. The van der Waals surface area contributed by atoms with Gasteiger partial charge in [-0.05, 0) is 101 Å². The number of nitrogens with one attached hydrogen (secondary N) is 1. The molecule has 0 atom stereocenters. The average molecular weight is 534 g/mol. The molecule has 0 amide bonds. The van der Waals surface area contributed by atoms with E-state index in [4.69, 9.17) is 34.5 Å². The number of hydrogen-bond acceptors (Lipinski definition) is 9. The van der Waals surface area contributed by atoms with Crippen molar-refractivity contribution in [1.82, 2.24) is 5.32 Å². The van der Waals surface area contributed by atoms with Gasteiger partial charge in [0.15, 0.2) is 0 Å². The van der Waals surface area contributed by atoms with Gasteiger partial charge in [0.05, 0.1) is 21.2 Å². The Hall–Kier alpha value is -4.09. The van der Waals surface area contributed by atoms with Crippen LogP contribution in [-0.4, -0.2) is 23.9 Å². The van der Waals surface area contributed by atoms with Crippen LogP contribution >= 0.6 is 11.6 Å². The van der Waals surface area contributed by atoms with Crippen LogP contribution in [0.5, 0.6) is 0 Å². The molecule has 0 saturated carbocycles. The summed E-state index contributed by atoms with van der Waals surface area (Å²) >= 11 is 5.69. The van der Waals surface area contributed by atoms with Crippen LogP contribution in [0.4, 0.5) is 34.1 Å². The Labute approximate surface area is 222 Å². The molecule has 3 aromatic carbocycles. The normalized spacial score (nSPS) is 9.51. The van der Waals surface area contributed by atoms with Crippen molar-refractivity contribution in [2.24, 2.45) is 0 Å². The number of rotatable bonds is 2. The fraction of sp³-hybridized carbons (Fsp3) is 0.280. The van der Waals surface area contributed by atoms with Crippen LogP contribution in [0, 0.1) is 54.8 Å². The van der Waals surface area contributed by atoms with E-state index in [2.05, 4.69) is 5.32 Å². The number of nitrogens with two attached hydrogens (primary N) is 4. The highest BCUT2D eigenvalue weighted by Gasteiger charge is 2.13. The van der Waals surface area contributed by atoms with E-state index in [1.54, 1.807) is 13.0 Å². The van der Waals surface area contributed by atoms with Crippen molar-refractivity contribution in [2.45, 2.75) is 34.6 Å². The van der Waals surface area contributed by atoms with Gasteiger partial charge in [0, 0.05) is 17.2 Å². The molecule has 0 aromatic heterocycles. The molecule has 0 heterocycles. The summed E-state index contributed by atoms with van der Waals surface area (Å²) in [6.07, 6.45) is 0. The van der Waals surface area contributed by atoms with E-state index in [0.29, 0.717) is 22.0 Å². The highest BCUT2D eigenvalue weighted by molar-refractivity contribution is 6.31. The Morgan fingerprint density at radius 1 is 0.595 bits per heavy atom. The topological polar surface area (TPSA) is 202 Å². The molecule has 0 aliphatic rings. The van der Waals surface area contributed by atoms with E-state index in [1.165, 1.54) is 29.3 Å². The minimum Gasteiger partial charge on any atom is -0.397 e. The summed E-state index contributed by atoms with van der Waals surface area (Å²) in [6.45, 7) is 9.42. The molecule has 37 heavy (non-hydrogen) atoms. The molecule has 3 rings (SSSR count). The summed E-state index contributed by atoms with van der Waals surface area (Å²) in [5.41, 5.74) is 28.4. The van der Waals surface area contributed by atoms with Gasteiger partial charge in [-0.25, -0.2) is 0 Å². The number of halogens is 1. The molecule has 0 fully saturated rings. The number of benzene rings is 3. The van der Waals surface area contributed by atoms with Crippen molar-refractivity contribution in [3.63, 3.8) is 0 Å². The van der Waals surface area contributed by atoms with Crippen LogP contribution in [0.25, 0.3) is 0 Å². The first-order valence-corrected chi connectivity index (χ1v) is 11.4. The summed E-state index contributed by atoms with van der Waals surface area (Å²) in [4.78, 5) is 19.8. The minimum absolute atomic E-state index is 0.0156. The van der Waals surface area contributed by atoms with Gasteiger partial charge in [-0.2, -0.15) is 0 Å². The fourth-order valence-electron chi connectivity index (χ4n) is 2.68. The average Bonchev–Trinajstić information content (AvgIpc) is 2.78. The van der Waals surface area contributed by atoms with E-state index in [-0.39, 0.29) is 22.7 Å². The standard InChI is InChI=1S/C8H10N2O2.C8H12N2.C7H7ClN2O2.C2H7N/c1-5-3-7(9)8(10(11)12)4-6(5)2;1-5-3-7(9)8(10)4-6(5)2;1-4-2-7(10(11)12)6(9)3-5(4)8;1-3-2/h3-4H,9H2,1-2H3;3-4H,9-10H2,1-2H3;2-3H,9H2,1H3;3H,1-2H3. The van der Waals surface area contributed by atoms with Crippen LogP contribution in [-0.2, 0) is 0 Å². The second-order valence-corrected chi connectivity index (χ2v) is 8.64. The molecule has 0 radical (unpaired) electrons. The van der Waals surface area contributed by atoms with Gasteiger partial charge in [0.1, 0.15) is 11.4 Å². The predicted molar refractivity (Wildman–Crippen MR) is 154 cm³/mol. The number of nitrogen functional groups attached to an aromatic ring is 4. The van der Waals surface area contributed by atoms with E-state index in [1.807, 2.05) is 53.9 Å². The van der Waals surface area contributed by atoms with Gasteiger partial charge >= 0.3 is 0 Å². The van der Waals surface area contributed by atoms with E-state index in [9.17, 15) is 20.2 Å². The molecule has 9 N–H and O–H groups in total. The summed E-state index contributed by atoms with van der Waals surface area (Å²) in [6, 6.07) is 9.64. The molecule has 0 aliphatic carbocycles. The number of hydrogen-bond donors (Lipinski definition) is 5. The second kappa shape index (κ2) is 15.1. The Balaban J connectivity index is 0.000000500. The SMILES string of the molecule is CNC.Cc1cc(N)c(N)cc1C.Cc1cc(N)c([N+](=O)[O-])cc1C.Cc1cc([N+](=O)[O-])c(N)cc1Cl. The Bertz CT molecular complexity index is 1130. The molecule has 0 saturated heterocycles. The monoisotopic (exact) mass is 533 g/mol. The third-order valence-corrected chi connectivity index (χ3v) is 5.45. The number of nitro benzene ring substituents is 2. The first-order chi connectivity index (χ1) is 17.1. The van der Waals surface area contributed by atoms with Crippen LogP contribution in [0.3, 0.4) is 0 Å². The maximum absolute atomic E-state index is 10.4. The molecule has 202 valence electrons. The smallest absolute Gasteiger partial charge is 0.292 e. The number of anilines is 4. The summed E-state index contributed by atoms with van der Waals surface area (Å²) in [5.74, 6) is 0. The Morgan fingerprint density at radius 3 is 1.22 bits per heavy atom. The first-order valence-electron chi connectivity index (χ1n) is 11.0. The number of nitrogens with zero attached hydrogens (tertiary/aromatic N) is 2. The van der Waals surface area contributed by atoms with Gasteiger partial charge in [0.25, 0.3) is 11.4 Å². The fourth-order valence-corrected chi connectivity index (χ4v) is 2.85. The zero-order chi connectivity index (χ0) is 29.0. The van der Waals surface area contributed by atoms with Crippen molar-refractivity contribution in [2.75, 3.05) is 37.0 Å². The van der Waals surface area contributed by atoms with Crippen molar-refractivity contribution in [1.29, 1.82) is 0 Å². The summed E-state index contributed by atoms with van der Waals surface area (Å²) in [5, 5.41) is 24.0. The number of nitro groups is 2. The third kappa shape index (κ3) is 10.6. The molecule has 0 bridgehead atoms. The maximum atomic E-state index is 10.4. The van der Waals surface area contributed by atoms with E-state index < -0.39 is 9.85 Å². The lowest BCUT2D eigenvalue weighted by atomic mass is 10.1. The van der Waals surface area contributed by atoms with Crippen LogP contribution in [0.2, 0.25) is 5.02 Å². The van der Waals surface area contributed by atoms with Crippen LogP contribution in [0.1, 0.15) is 27.8 Å². The molecule has 11 nitrogen and oxygen atoms in total. The highest BCUT2D eigenvalue weighted by Crippen LogP contribution is 2.28. The van der Waals surface area contributed by atoms with Crippen molar-refractivity contribution in [3.8, 4) is 0 Å². The molecule has 0 unspecified atom stereocenters. The third-order valence-electron chi connectivity index (χ3n) is 5.04. The zero-order valence-corrected chi connectivity index (χ0v) is 22.9. The lowest BCUT2D eigenvalue weighted by Crippen LogP contribution is -1.97. The van der Waals surface area contributed by atoms with E-state index >= 15 is 0 Å². The van der Waals surface area contributed by atoms with E-state index in [0.717, 1.165) is 11.1 Å². The summed E-state index contributed by atoms with van der Waals surface area (Å²) in [7, 11) is 3.75. The van der Waals surface area contributed by atoms with Gasteiger partial charge in [-0.15, -0.1) is 0 Å².